The van der Waals surface area contributed by atoms with Crippen molar-refractivity contribution >= 4 is 15.9 Å². The van der Waals surface area contributed by atoms with E-state index >= 15 is 0 Å². The van der Waals surface area contributed by atoms with Crippen molar-refractivity contribution in [1.29, 1.82) is 0 Å². The molecule has 0 N–H and O–H groups in total. The van der Waals surface area contributed by atoms with Crippen molar-refractivity contribution < 1.29 is 9.13 Å². The summed E-state index contributed by atoms with van der Waals surface area (Å²) in [5.74, 6) is 0.432. The van der Waals surface area contributed by atoms with E-state index in [0.717, 1.165) is 37.8 Å². The molecular formula is C14H20BrFO. The Kier molecular flexibility index (Phi) is 7.45. The number of benzene rings is 1. The van der Waals surface area contributed by atoms with Crippen LogP contribution in [0.5, 0.6) is 0 Å². The van der Waals surface area contributed by atoms with Gasteiger partial charge in [-0.1, -0.05) is 28.1 Å². The van der Waals surface area contributed by atoms with Crippen LogP contribution in [0.1, 0.15) is 25.3 Å². The van der Waals surface area contributed by atoms with E-state index in [1.807, 2.05) is 19.1 Å². The molecule has 1 atom stereocenters. The Morgan fingerprint density at radius 3 is 2.59 bits per heavy atom. The lowest BCUT2D eigenvalue weighted by molar-refractivity contribution is 0.140. The van der Waals surface area contributed by atoms with Crippen LogP contribution >= 0.6 is 15.9 Å². The number of rotatable bonds is 8. The molecule has 0 amide bonds. The topological polar surface area (TPSA) is 9.23 Å². The van der Waals surface area contributed by atoms with Crippen LogP contribution in [0.3, 0.4) is 0 Å². The first-order valence-electron chi connectivity index (χ1n) is 6.14. The Bertz CT molecular complexity index is 300. The highest BCUT2D eigenvalue weighted by Gasteiger charge is 2.08. The highest BCUT2D eigenvalue weighted by atomic mass is 79.9. The van der Waals surface area contributed by atoms with E-state index in [2.05, 4.69) is 15.9 Å². The zero-order valence-electron chi connectivity index (χ0n) is 10.3. The summed E-state index contributed by atoms with van der Waals surface area (Å²) in [7, 11) is 0. The van der Waals surface area contributed by atoms with Gasteiger partial charge in [-0.2, -0.15) is 0 Å². The van der Waals surface area contributed by atoms with Gasteiger partial charge in [0.1, 0.15) is 5.82 Å². The van der Waals surface area contributed by atoms with Gasteiger partial charge in [0.25, 0.3) is 0 Å². The zero-order chi connectivity index (χ0) is 12.5. The van der Waals surface area contributed by atoms with Crippen LogP contribution in [0.15, 0.2) is 24.3 Å². The summed E-state index contributed by atoms with van der Waals surface area (Å²) >= 11 is 3.54. The summed E-state index contributed by atoms with van der Waals surface area (Å²) in [6.07, 6.45) is 3.23. The van der Waals surface area contributed by atoms with Gasteiger partial charge < -0.3 is 4.74 Å². The van der Waals surface area contributed by atoms with E-state index in [1.165, 1.54) is 17.7 Å². The molecule has 3 heteroatoms. The van der Waals surface area contributed by atoms with Crippen molar-refractivity contribution in [3.05, 3.63) is 35.6 Å². The normalized spacial score (nSPS) is 12.6. The molecule has 0 aliphatic rings. The summed E-state index contributed by atoms with van der Waals surface area (Å²) in [6, 6.07) is 6.79. The van der Waals surface area contributed by atoms with Crippen LogP contribution in [-0.2, 0) is 11.2 Å². The second-order valence-corrected chi connectivity index (χ2v) is 4.84. The maximum Gasteiger partial charge on any atom is 0.123 e. The third-order valence-corrected chi connectivity index (χ3v) is 3.68. The van der Waals surface area contributed by atoms with Gasteiger partial charge in [0.05, 0.1) is 0 Å². The minimum Gasteiger partial charge on any atom is -0.382 e. The summed E-state index contributed by atoms with van der Waals surface area (Å²) in [5.41, 5.74) is 1.20. The number of hydrogen-bond donors (Lipinski definition) is 0. The molecule has 1 aromatic carbocycles. The zero-order valence-corrected chi connectivity index (χ0v) is 11.9. The largest absolute Gasteiger partial charge is 0.382 e. The predicted molar refractivity (Wildman–Crippen MR) is 73.1 cm³/mol. The second-order valence-electron chi connectivity index (χ2n) is 4.19. The quantitative estimate of drug-likeness (QED) is 0.517. The van der Waals surface area contributed by atoms with Gasteiger partial charge in [0.15, 0.2) is 0 Å². The monoisotopic (exact) mass is 302 g/mol. The van der Waals surface area contributed by atoms with Crippen molar-refractivity contribution in [3.63, 3.8) is 0 Å². The SMILES string of the molecule is CCOCCCC(CBr)Cc1ccc(F)cc1. The molecule has 1 unspecified atom stereocenters. The predicted octanol–water partition coefficient (Wildman–Crippen LogP) is 4.20. The molecule has 1 rings (SSSR count). The molecule has 0 aromatic heterocycles. The van der Waals surface area contributed by atoms with Gasteiger partial charge in [0, 0.05) is 18.5 Å². The summed E-state index contributed by atoms with van der Waals surface area (Å²) in [5, 5.41) is 0.983. The third-order valence-electron chi connectivity index (χ3n) is 2.76. The maximum absolute atomic E-state index is 12.8. The van der Waals surface area contributed by atoms with Crippen LogP contribution in [0.25, 0.3) is 0 Å². The molecule has 1 nitrogen and oxygen atoms in total. The molecule has 0 aliphatic carbocycles. The van der Waals surface area contributed by atoms with Crippen molar-refractivity contribution in [2.24, 2.45) is 5.92 Å². The van der Waals surface area contributed by atoms with Gasteiger partial charge in [-0.15, -0.1) is 0 Å². The Balaban J connectivity index is 2.33. The van der Waals surface area contributed by atoms with Crippen LogP contribution in [-0.4, -0.2) is 18.5 Å². The smallest absolute Gasteiger partial charge is 0.123 e. The lowest BCUT2D eigenvalue weighted by Crippen LogP contribution is -2.08. The summed E-state index contributed by atoms with van der Waals surface area (Å²) in [6.45, 7) is 3.64. The van der Waals surface area contributed by atoms with Crippen molar-refractivity contribution in [1.82, 2.24) is 0 Å². The molecule has 17 heavy (non-hydrogen) atoms. The lowest BCUT2D eigenvalue weighted by atomic mass is 9.97. The molecule has 96 valence electrons. The third kappa shape index (κ3) is 6.18. The van der Waals surface area contributed by atoms with Crippen LogP contribution < -0.4 is 0 Å². The molecule has 0 radical (unpaired) electrons. The summed E-state index contributed by atoms with van der Waals surface area (Å²) in [4.78, 5) is 0. The van der Waals surface area contributed by atoms with Gasteiger partial charge in [0.2, 0.25) is 0 Å². The standard InChI is InChI=1S/C14H20BrFO/c1-2-17-9-3-4-13(11-15)10-12-5-7-14(16)8-6-12/h5-8,13H,2-4,9-11H2,1H3. The Morgan fingerprint density at radius 1 is 1.29 bits per heavy atom. The van der Waals surface area contributed by atoms with Crippen LogP contribution in [0.2, 0.25) is 0 Å². The Labute approximate surface area is 111 Å². The molecule has 0 bridgehead atoms. The Morgan fingerprint density at radius 2 is 2.00 bits per heavy atom. The van der Waals surface area contributed by atoms with Crippen molar-refractivity contribution in [2.45, 2.75) is 26.2 Å². The molecule has 0 aliphatic heterocycles. The molecular weight excluding hydrogens is 283 g/mol. The van der Waals surface area contributed by atoms with Crippen molar-refractivity contribution in [2.75, 3.05) is 18.5 Å². The van der Waals surface area contributed by atoms with Gasteiger partial charge in [-0.05, 0) is 49.8 Å². The average Bonchev–Trinajstić information content (AvgIpc) is 2.35. The van der Waals surface area contributed by atoms with E-state index in [0.29, 0.717) is 5.92 Å². The van der Waals surface area contributed by atoms with E-state index in [4.69, 9.17) is 4.74 Å². The van der Waals surface area contributed by atoms with Crippen molar-refractivity contribution in [3.8, 4) is 0 Å². The fraction of sp³-hybridized carbons (Fsp3) is 0.571. The van der Waals surface area contributed by atoms with E-state index in [1.54, 1.807) is 0 Å². The number of alkyl halides is 1. The van der Waals surface area contributed by atoms with E-state index in [9.17, 15) is 4.39 Å². The number of hydrogen-bond acceptors (Lipinski definition) is 1. The molecule has 0 fully saturated rings. The molecule has 0 saturated carbocycles. The number of ether oxygens (including phenoxy) is 1. The first kappa shape index (κ1) is 14.7. The molecule has 1 aromatic rings. The van der Waals surface area contributed by atoms with E-state index in [-0.39, 0.29) is 5.82 Å². The number of halogens is 2. The maximum atomic E-state index is 12.8. The van der Waals surface area contributed by atoms with E-state index < -0.39 is 0 Å². The van der Waals surface area contributed by atoms with Gasteiger partial charge in [-0.25, -0.2) is 4.39 Å². The van der Waals surface area contributed by atoms with Gasteiger partial charge in [-0.3, -0.25) is 0 Å². The molecule has 0 heterocycles. The fourth-order valence-electron chi connectivity index (χ4n) is 1.81. The van der Waals surface area contributed by atoms with Gasteiger partial charge >= 0.3 is 0 Å². The lowest BCUT2D eigenvalue weighted by Gasteiger charge is -2.14. The second kappa shape index (κ2) is 8.65. The van der Waals surface area contributed by atoms with Crippen LogP contribution in [0.4, 0.5) is 4.39 Å². The minimum absolute atomic E-state index is 0.166. The Hall–Kier alpha value is -0.410. The average molecular weight is 303 g/mol. The fourth-order valence-corrected chi connectivity index (χ4v) is 2.36. The highest BCUT2D eigenvalue weighted by molar-refractivity contribution is 9.09. The first-order chi connectivity index (χ1) is 8.26. The molecule has 0 saturated heterocycles. The molecule has 0 spiro atoms. The highest BCUT2D eigenvalue weighted by Crippen LogP contribution is 2.17. The summed E-state index contributed by atoms with van der Waals surface area (Å²) < 4.78 is 18.1. The first-order valence-corrected chi connectivity index (χ1v) is 7.26. The minimum atomic E-state index is -0.166. The van der Waals surface area contributed by atoms with Crippen LogP contribution in [0, 0.1) is 11.7 Å².